The lowest BCUT2D eigenvalue weighted by molar-refractivity contribution is 0.628. The SMILES string of the molecule is C=P(c1ccc(F)cc1)(c1ccc(F)cc1)c1cccc(-c2cccc(-c3cccc(P(=C)(c4ccc(F)cc4)c4ccc(F)cc4)c3)c2)c1. The van der Waals surface area contributed by atoms with Crippen LogP contribution < -0.4 is 31.8 Å². The number of rotatable bonds is 8. The molecule has 6 heteroatoms. The second-order valence-corrected chi connectivity index (χ2v) is 18.5. The average Bonchev–Trinajstić information content (AvgIpc) is 3.15. The van der Waals surface area contributed by atoms with Crippen LogP contribution in [0.15, 0.2) is 170 Å². The maximum Gasteiger partial charge on any atom is 0.123 e. The molecule has 0 N–H and O–H groups in total. The molecule has 0 spiro atoms. The van der Waals surface area contributed by atoms with Gasteiger partial charge in [-0.25, -0.2) is 17.6 Å². The Morgan fingerprint density at radius 2 is 0.520 bits per heavy atom. The first kappa shape index (κ1) is 33.4. The van der Waals surface area contributed by atoms with Crippen molar-refractivity contribution in [2.24, 2.45) is 0 Å². The molecule has 0 unspecified atom stereocenters. The minimum absolute atomic E-state index is 0.331. The highest BCUT2D eigenvalue weighted by Crippen LogP contribution is 2.44. The number of hydrogen-bond acceptors (Lipinski definition) is 0. The first-order chi connectivity index (χ1) is 24.1. The Bertz CT molecular complexity index is 2130. The van der Waals surface area contributed by atoms with Gasteiger partial charge in [0.1, 0.15) is 23.3 Å². The van der Waals surface area contributed by atoms with Gasteiger partial charge in [-0.05, 0) is 135 Å². The summed E-state index contributed by atoms with van der Waals surface area (Å²) in [6.45, 7) is -5.01. The lowest BCUT2D eigenvalue weighted by Crippen LogP contribution is -2.25. The number of hydrogen-bond donors (Lipinski definition) is 0. The maximum atomic E-state index is 14.0. The Morgan fingerprint density at radius 1 is 0.280 bits per heavy atom. The van der Waals surface area contributed by atoms with Crippen LogP contribution in [0.25, 0.3) is 22.3 Å². The van der Waals surface area contributed by atoms with Gasteiger partial charge in [-0.15, -0.1) is 0 Å². The van der Waals surface area contributed by atoms with Gasteiger partial charge in [0.05, 0.1) is 0 Å². The van der Waals surface area contributed by atoms with Crippen LogP contribution in [-0.2, 0) is 0 Å². The zero-order valence-electron chi connectivity index (χ0n) is 27.0. The summed E-state index contributed by atoms with van der Waals surface area (Å²) < 4.78 is 56.0. The predicted molar refractivity (Wildman–Crippen MR) is 209 cm³/mol. The van der Waals surface area contributed by atoms with Gasteiger partial charge in [0, 0.05) is 0 Å². The summed E-state index contributed by atoms with van der Waals surface area (Å²) in [5.41, 5.74) is 3.95. The highest BCUT2D eigenvalue weighted by molar-refractivity contribution is 7.93. The third-order valence-corrected chi connectivity index (χ3v) is 16.2. The highest BCUT2D eigenvalue weighted by Gasteiger charge is 2.25. The van der Waals surface area contributed by atoms with Crippen LogP contribution in [0.1, 0.15) is 0 Å². The average molecular weight is 699 g/mol. The quantitative estimate of drug-likeness (QED) is 0.110. The molecule has 7 rings (SSSR count). The second-order valence-electron chi connectivity index (χ2n) is 12.2. The molecular formula is C44H32F4P2. The van der Waals surface area contributed by atoms with Crippen LogP contribution in [-0.4, -0.2) is 12.6 Å². The maximum absolute atomic E-state index is 14.0. The molecule has 0 nitrogen and oxygen atoms in total. The Kier molecular flexibility index (Phi) is 9.10. The first-order valence-electron chi connectivity index (χ1n) is 16.0. The van der Waals surface area contributed by atoms with Crippen LogP contribution in [0.4, 0.5) is 17.6 Å². The molecule has 0 amide bonds. The Labute approximate surface area is 290 Å². The van der Waals surface area contributed by atoms with E-state index < -0.39 is 13.8 Å². The van der Waals surface area contributed by atoms with E-state index in [-0.39, 0.29) is 23.3 Å². The van der Waals surface area contributed by atoms with Crippen molar-refractivity contribution in [1.29, 1.82) is 0 Å². The van der Waals surface area contributed by atoms with Crippen LogP contribution in [0.3, 0.4) is 0 Å². The third-order valence-electron chi connectivity index (χ3n) is 9.17. The van der Waals surface area contributed by atoms with Gasteiger partial charge in [0.25, 0.3) is 0 Å². The molecule has 0 aliphatic carbocycles. The Hall–Kier alpha value is -5.14. The summed E-state index contributed by atoms with van der Waals surface area (Å²) in [7, 11) is 0. The van der Waals surface area contributed by atoms with Gasteiger partial charge in [-0.2, -0.15) is 0 Å². The molecule has 0 aliphatic rings. The summed E-state index contributed by atoms with van der Waals surface area (Å²) >= 11 is 0. The van der Waals surface area contributed by atoms with Gasteiger partial charge in [0.2, 0.25) is 0 Å². The molecule has 50 heavy (non-hydrogen) atoms. The van der Waals surface area contributed by atoms with Crippen molar-refractivity contribution >= 4 is 58.2 Å². The smallest absolute Gasteiger partial charge is 0.123 e. The van der Waals surface area contributed by atoms with Crippen molar-refractivity contribution < 1.29 is 17.6 Å². The second kappa shape index (κ2) is 13.6. The third kappa shape index (κ3) is 6.34. The fourth-order valence-electron chi connectivity index (χ4n) is 6.40. The highest BCUT2D eigenvalue weighted by atomic mass is 31.2. The molecule has 0 atom stereocenters. The number of halogens is 4. The number of benzene rings is 7. The fraction of sp³-hybridized carbons (Fsp3) is 0. The van der Waals surface area contributed by atoms with E-state index >= 15 is 0 Å². The molecule has 0 aromatic heterocycles. The van der Waals surface area contributed by atoms with Crippen molar-refractivity contribution in [1.82, 2.24) is 0 Å². The molecule has 246 valence electrons. The topological polar surface area (TPSA) is 0 Å². The van der Waals surface area contributed by atoms with E-state index in [1.807, 2.05) is 42.5 Å². The molecule has 7 aromatic carbocycles. The summed E-state index contributed by atoms with van der Waals surface area (Å²) in [5, 5.41) is 5.49. The van der Waals surface area contributed by atoms with Crippen LogP contribution in [0.2, 0.25) is 0 Å². The van der Waals surface area contributed by atoms with Crippen LogP contribution in [0, 0.1) is 23.3 Å². The van der Waals surface area contributed by atoms with Crippen molar-refractivity contribution in [3.05, 3.63) is 193 Å². The molecule has 0 saturated heterocycles. The van der Waals surface area contributed by atoms with Gasteiger partial charge in [0.15, 0.2) is 0 Å². The van der Waals surface area contributed by atoms with E-state index in [0.29, 0.717) is 0 Å². The predicted octanol–water partition coefficient (Wildman–Crippen LogP) is 9.03. The summed E-state index contributed by atoms with van der Waals surface area (Å²) in [6, 6.07) is 50.3. The minimum Gasteiger partial charge on any atom is -0.207 e. The molecule has 0 bridgehead atoms. The van der Waals surface area contributed by atoms with Gasteiger partial charge >= 0.3 is 0 Å². The standard InChI is InChI=1S/C44H32F4P2/c1-49(39-20-12-35(45)13-21-39,40-22-14-36(46)15-23-40)43-10-4-8-33(29-43)31-6-3-7-32(28-31)34-9-5-11-44(30-34)50(2,41-24-16-37(47)17-25-41)42-26-18-38(48)19-27-42/h3-30H,1-2H2. The van der Waals surface area contributed by atoms with E-state index in [1.54, 1.807) is 48.5 Å². The van der Waals surface area contributed by atoms with Crippen molar-refractivity contribution in [2.75, 3.05) is 0 Å². The largest absolute Gasteiger partial charge is 0.207 e. The van der Waals surface area contributed by atoms with E-state index in [1.165, 1.54) is 48.5 Å². The summed E-state index contributed by atoms with van der Waals surface area (Å²) in [4.78, 5) is 0. The van der Waals surface area contributed by atoms with E-state index in [0.717, 1.165) is 54.1 Å². The van der Waals surface area contributed by atoms with E-state index in [2.05, 4.69) is 30.3 Å². The fourth-order valence-corrected chi connectivity index (χ4v) is 12.2. The molecule has 0 aliphatic heterocycles. The van der Waals surface area contributed by atoms with Gasteiger partial charge in [-0.3, -0.25) is 0 Å². The zero-order chi connectivity index (χ0) is 34.9. The van der Waals surface area contributed by atoms with Gasteiger partial charge in [-0.1, -0.05) is 116 Å². The first-order valence-corrected chi connectivity index (χ1v) is 19.9. The van der Waals surface area contributed by atoms with Crippen molar-refractivity contribution in [3.63, 3.8) is 0 Å². The zero-order valence-corrected chi connectivity index (χ0v) is 28.8. The summed E-state index contributed by atoms with van der Waals surface area (Å²) in [6.07, 6.45) is 9.51. The lowest BCUT2D eigenvalue weighted by Gasteiger charge is -2.27. The minimum atomic E-state index is -2.51. The van der Waals surface area contributed by atoms with Crippen molar-refractivity contribution in [3.8, 4) is 22.3 Å². The van der Waals surface area contributed by atoms with Crippen LogP contribution in [0.5, 0.6) is 0 Å². The monoisotopic (exact) mass is 698 g/mol. The molecule has 0 saturated carbocycles. The molecular weight excluding hydrogens is 666 g/mol. The normalized spacial score (nSPS) is 11.8. The Morgan fingerprint density at radius 3 is 0.800 bits per heavy atom. The molecule has 0 fully saturated rings. The molecule has 0 heterocycles. The molecule has 7 aromatic rings. The summed E-state index contributed by atoms with van der Waals surface area (Å²) in [5.74, 6) is -1.32. The van der Waals surface area contributed by atoms with E-state index in [9.17, 15) is 17.6 Å². The van der Waals surface area contributed by atoms with Crippen LogP contribution >= 0.6 is 13.8 Å². The Balaban J connectivity index is 1.31. The molecule has 0 radical (unpaired) electrons. The van der Waals surface area contributed by atoms with E-state index in [4.69, 9.17) is 12.6 Å². The van der Waals surface area contributed by atoms with Crippen molar-refractivity contribution in [2.45, 2.75) is 0 Å². The lowest BCUT2D eigenvalue weighted by atomic mass is 9.99. The van der Waals surface area contributed by atoms with Gasteiger partial charge < -0.3 is 0 Å².